The van der Waals surface area contributed by atoms with Crippen LogP contribution in [0.5, 0.6) is 0 Å². The van der Waals surface area contributed by atoms with Gasteiger partial charge in [-0.15, -0.1) is 11.8 Å². The number of amides is 1. The zero-order valence-electron chi connectivity index (χ0n) is 17.1. The summed E-state index contributed by atoms with van der Waals surface area (Å²) < 4.78 is 11.0. The van der Waals surface area contributed by atoms with Crippen LogP contribution in [0.4, 0.5) is 0 Å². The summed E-state index contributed by atoms with van der Waals surface area (Å²) in [4.78, 5) is 18.7. The van der Waals surface area contributed by atoms with E-state index < -0.39 is 0 Å². The molecule has 28 heavy (non-hydrogen) atoms. The number of ether oxygens (including phenoxy) is 2. The summed E-state index contributed by atoms with van der Waals surface area (Å²) >= 11 is 1.63. The van der Waals surface area contributed by atoms with Crippen LogP contribution in [0.15, 0.2) is 35.2 Å². The van der Waals surface area contributed by atoms with Crippen molar-refractivity contribution in [3.8, 4) is 0 Å². The zero-order valence-corrected chi connectivity index (χ0v) is 17.9. The Hall–Kier alpha value is -1.08. The summed E-state index contributed by atoms with van der Waals surface area (Å²) in [7, 11) is 1.76. The van der Waals surface area contributed by atoms with Crippen molar-refractivity contribution < 1.29 is 14.3 Å². The fraction of sp³-hybridized carbons (Fsp3) is 0.682. The first-order valence-corrected chi connectivity index (χ1v) is 11.5. The molecule has 0 N–H and O–H groups in total. The smallest absolute Gasteiger partial charge is 0.233 e. The fourth-order valence-electron chi connectivity index (χ4n) is 3.99. The molecule has 0 saturated carbocycles. The normalized spacial score (nSPS) is 21.1. The van der Waals surface area contributed by atoms with E-state index in [1.54, 1.807) is 18.9 Å². The standard InChI is InChI=1S/C22H34N2O3S/c1-26-15-13-23-11-9-19(10-12-23)16-24(17-20-6-5-14-27-20)22(25)18-28-21-7-3-2-4-8-21/h2-4,7-8,19-20H,5-6,9-18H2,1H3/t20-/m0/s1. The molecule has 156 valence electrons. The molecule has 1 aromatic carbocycles. The third-order valence-corrected chi connectivity index (χ3v) is 6.70. The molecule has 0 unspecified atom stereocenters. The molecule has 0 bridgehead atoms. The Morgan fingerprint density at radius 1 is 1.21 bits per heavy atom. The zero-order chi connectivity index (χ0) is 19.6. The molecule has 2 fully saturated rings. The SMILES string of the molecule is COCCN1CCC(CN(C[C@@H]2CCCO2)C(=O)CSc2ccccc2)CC1. The summed E-state index contributed by atoms with van der Waals surface area (Å²) in [6, 6.07) is 10.2. The first-order valence-electron chi connectivity index (χ1n) is 10.5. The van der Waals surface area contributed by atoms with Gasteiger partial charge in [-0.1, -0.05) is 18.2 Å². The molecule has 1 atom stereocenters. The number of nitrogens with zero attached hydrogens (tertiary/aromatic N) is 2. The van der Waals surface area contributed by atoms with Gasteiger partial charge in [-0.25, -0.2) is 0 Å². The van der Waals surface area contributed by atoms with Crippen molar-refractivity contribution in [2.24, 2.45) is 5.92 Å². The number of piperidine rings is 1. The highest BCUT2D eigenvalue weighted by molar-refractivity contribution is 8.00. The van der Waals surface area contributed by atoms with Crippen molar-refractivity contribution in [1.82, 2.24) is 9.80 Å². The molecule has 3 rings (SSSR count). The average molecular weight is 407 g/mol. The number of thioether (sulfide) groups is 1. The second-order valence-electron chi connectivity index (χ2n) is 7.81. The van der Waals surface area contributed by atoms with Crippen LogP contribution < -0.4 is 0 Å². The largest absolute Gasteiger partial charge is 0.383 e. The highest BCUT2D eigenvalue weighted by Gasteiger charge is 2.27. The summed E-state index contributed by atoms with van der Waals surface area (Å²) in [5, 5.41) is 0. The van der Waals surface area contributed by atoms with E-state index in [0.717, 1.165) is 76.5 Å². The summed E-state index contributed by atoms with van der Waals surface area (Å²) in [5.74, 6) is 1.33. The van der Waals surface area contributed by atoms with E-state index in [-0.39, 0.29) is 12.0 Å². The van der Waals surface area contributed by atoms with E-state index in [4.69, 9.17) is 9.47 Å². The van der Waals surface area contributed by atoms with Crippen LogP contribution in [0.1, 0.15) is 25.7 Å². The van der Waals surface area contributed by atoms with E-state index in [2.05, 4.69) is 21.9 Å². The highest BCUT2D eigenvalue weighted by atomic mass is 32.2. The van der Waals surface area contributed by atoms with Crippen molar-refractivity contribution in [3.05, 3.63) is 30.3 Å². The van der Waals surface area contributed by atoms with Gasteiger partial charge in [0.25, 0.3) is 0 Å². The lowest BCUT2D eigenvalue weighted by molar-refractivity contribution is -0.130. The molecule has 0 aliphatic carbocycles. The molecule has 2 aliphatic heterocycles. The van der Waals surface area contributed by atoms with Gasteiger partial charge in [0.05, 0.1) is 18.5 Å². The number of likely N-dealkylation sites (tertiary alicyclic amines) is 1. The number of hydrogen-bond donors (Lipinski definition) is 0. The van der Waals surface area contributed by atoms with Crippen molar-refractivity contribution in [3.63, 3.8) is 0 Å². The number of carbonyl (C=O) groups is 1. The first kappa shape index (κ1) is 21.6. The maximum absolute atomic E-state index is 13.0. The van der Waals surface area contributed by atoms with E-state index in [0.29, 0.717) is 11.7 Å². The van der Waals surface area contributed by atoms with Crippen molar-refractivity contribution in [1.29, 1.82) is 0 Å². The van der Waals surface area contributed by atoms with Crippen LogP contribution >= 0.6 is 11.8 Å². The number of benzene rings is 1. The van der Waals surface area contributed by atoms with Gasteiger partial charge in [-0.3, -0.25) is 4.79 Å². The number of methoxy groups -OCH3 is 1. The maximum Gasteiger partial charge on any atom is 0.233 e. The summed E-state index contributed by atoms with van der Waals surface area (Å²) in [5.41, 5.74) is 0. The van der Waals surface area contributed by atoms with Crippen molar-refractivity contribution in [2.45, 2.75) is 36.7 Å². The van der Waals surface area contributed by atoms with E-state index >= 15 is 0 Å². The molecule has 2 aliphatic rings. The minimum absolute atomic E-state index is 0.215. The van der Waals surface area contributed by atoms with E-state index in [9.17, 15) is 4.79 Å². The van der Waals surface area contributed by atoms with Gasteiger partial charge in [-0.2, -0.15) is 0 Å². The Labute approximate surface area is 173 Å². The molecule has 1 amide bonds. The highest BCUT2D eigenvalue weighted by Crippen LogP contribution is 2.23. The van der Waals surface area contributed by atoms with Crippen LogP contribution in [0.25, 0.3) is 0 Å². The predicted molar refractivity (Wildman–Crippen MR) is 114 cm³/mol. The Bertz CT molecular complexity index is 572. The van der Waals surface area contributed by atoms with Crippen molar-refractivity contribution in [2.75, 3.05) is 58.8 Å². The third kappa shape index (κ3) is 7.07. The van der Waals surface area contributed by atoms with Gasteiger partial charge in [0.1, 0.15) is 0 Å². The molecular formula is C22H34N2O3S. The fourth-order valence-corrected chi connectivity index (χ4v) is 4.81. The Kier molecular flexibility index (Phi) is 9.12. The lowest BCUT2D eigenvalue weighted by Crippen LogP contribution is -2.44. The van der Waals surface area contributed by atoms with Crippen molar-refractivity contribution >= 4 is 17.7 Å². The molecule has 1 aromatic rings. The van der Waals surface area contributed by atoms with Crippen LogP contribution in [-0.4, -0.2) is 80.6 Å². The summed E-state index contributed by atoms with van der Waals surface area (Å²) in [6.07, 6.45) is 4.72. The quantitative estimate of drug-likeness (QED) is 0.559. The topological polar surface area (TPSA) is 42.0 Å². The molecule has 6 heteroatoms. The molecule has 0 aromatic heterocycles. The minimum atomic E-state index is 0.215. The van der Waals surface area contributed by atoms with Crippen LogP contribution in [-0.2, 0) is 14.3 Å². The maximum atomic E-state index is 13.0. The second-order valence-corrected chi connectivity index (χ2v) is 8.86. The molecule has 2 saturated heterocycles. The predicted octanol–water partition coefficient (Wildman–Crippen LogP) is 3.14. The lowest BCUT2D eigenvalue weighted by atomic mass is 9.96. The number of hydrogen-bond acceptors (Lipinski definition) is 5. The lowest BCUT2D eigenvalue weighted by Gasteiger charge is -2.35. The molecule has 0 spiro atoms. The van der Waals surface area contributed by atoms with Gasteiger partial charge < -0.3 is 19.3 Å². The Morgan fingerprint density at radius 3 is 2.68 bits per heavy atom. The van der Waals surface area contributed by atoms with Gasteiger partial charge >= 0.3 is 0 Å². The van der Waals surface area contributed by atoms with Gasteiger partial charge in [0.2, 0.25) is 5.91 Å². The monoisotopic (exact) mass is 406 g/mol. The van der Waals surface area contributed by atoms with E-state index in [1.807, 2.05) is 18.2 Å². The second kappa shape index (κ2) is 11.8. The minimum Gasteiger partial charge on any atom is -0.383 e. The Balaban J connectivity index is 1.50. The van der Waals surface area contributed by atoms with Crippen LogP contribution in [0, 0.1) is 5.92 Å². The van der Waals surface area contributed by atoms with Gasteiger partial charge in [-0.05, 0) is 56.8 Å². The molecular weight excluding hydrogens is 372 g/mol. The van der Waals surface area contributed by atoms with E-state index in [1.165, 1.54) is 0 Å². The first-order chi connectivity index (χ1) is 13.7. The Morgan fingerprint density at radius 2 is 2.00 bits per heavy atom. The van der Waals surface area contributed by atoms with Crippen LogP contribution in [0.3, 0.4) is 0 Å². The number of rotatable bonds is 10. The molecule has 2 heterocycles. The third-order valence-electron chi connectivity index (χ3n) is 5.70. The summed E-state index contributed by atoms with van der Waals surface area (Å²) in [6.45, 7) is 6.47. The number of carbonyl (C=O) groups excluding carboxylic acids is 1. The van der Waals surface area contributed by atoms with Gasteiger partial charge in [0, 0.05) is 38.2 Å². The molecule has 0 radical (unpaired) electrons. The van der Waals surface area contributed by atoms with Gasteiger partial charge in [0.15, 0.2) is 0 Å². The average Bonchev–Trinajstić information content (AvgIpc) is 3.25. The molecule has 5 nitrogen and oxygen atoms in total. The van der Waals surface area contributed by atoms with Crippen LogP contribution in [0.2, 0.25) is 0 Å².